The molecule has 6 nitrogen and oxygen atoms in total. The van der Waals surface area contributed by atoms with Crippen molar-refractivity contribution in [2.24, 2.45) is 0 Å². The summed E-state index contributed by atoms with van der Waals surface area (Å²) in [5, 5.41) is 7.80. The number of pyridine rings is 1. The zero-order chi connectivity index (χ0) is 35.0. The summed E-state index contributed by atoms with van der Waals surface area (Å²) >= 11 is 0. The summed E-state index contributed by atoms with van der Waals surface area (Å²) in [5.74, 6) is 1.83. The van der Waals surface area contributed by atoms with Crippen molar-refractivity contribution in [3.05, 3.63) is 163 Å². The van der Waals surface area contributed by atoms with Gasteiger partial charge in [-0.3, -0.25) is 9.55 Å². The van der Waals surface area contributed by atoms with Gasteiger partial charge >= 0.3 is 0 Å². The fourth-order valence-corrected chi connectivity index (χ4v) is 7.92. The van der Waals surface area contributed by atoms with Gasteiger partial charge in [0.15, 0.2) is 11.6 Å². The van der Waals surface area contributed by atoms with Crippen LogP contribution >= 0.6 is 0 Å². The van der Waals surface area contributed by atoms with Crippen LogP contribution in [0.25, 0.3) is 105 Å². The molecule has 11 aromatic rings. The Labute approximate surface area is 303 Å². The molecule has 0 spiro atoms. The van der Waals surface area contributed by atoms with Gasteiger partial charge in [0.2, 0.25) is 5.95 Å². The fraction of sp³-hybridized carbons (Fsp3) is 0.0213. The minimum absolute atomic E-state index is 0.573. The van der Waals surface area contributed by atoms with Gasteiger partial charge in [0.05, 0.1) is 16.6 Å². The smallest absolute Gasteiger partial charge is 0.238 e. The zero-order valence-electron chi connectivity index (χ0n) is 28.7. The van der Waals surface area contributed by atoms with Crippen LogP contribution in [0.3, 0.4) is 0 Å². The molecular formula is C47H29N5O. The second-order valence-corrected chi connectivity index (χ2v) is 13.5. The van der Waals surface area contributed by atoms with Crippen molar-refractivity contribution < 1.29 is 4.42 Å². The maximum atomic E-state index is 6.30. The van der Waals surface area contributed by atoms with Crippen molar-refractivity contribution >= 4 is 65.4 Å². The van der Waals surface area contributed by atoms with E-state index in [2.05, 4.69) is 90.4 Å². The quantitative estimate of drug-likeness (QED) is 0.173. The van der Waals surface area contributed by atoms with E-state index in [4.69, 9.17) is 24.4 Å². The highest BCUT2D eigenvalue weighted by Crippen LogP contribution is 2.41. The maximum Gasteiger partial charge on any atom is 0.238 e. The molecule has 11 rings (SSSR count). The molecule has 0 fully saturated rings. The van der Waals surface area contributed by atoms with Crippen molar-refractivity contribution in [2.75, 3.05) is 0 Å². The first-order chi connectivity index (χ1) is 26.2. The molecule has 6 heteroatoms. The molecule has 4 aromatic heterocycles. The number of fused-ring (bicyclic) bond motifs is 9. The van der Waals surface area contributed by atoms with E-state index in [-0.39, 0.29) is 0 Å². The van der Waals surface area contributed by atoms with Gasteiger partial charge in [0.1, 0.15) is 11.2 Å². The van der Waals surface area contributed by atoms with Crippen molar-refractivity contribution in [1.29, 1.82) is 0 Å². The lowest BCUT2D eigenvalue weighted by molar-refractivity contribution is 0.669. The number of furan rings is 1. The predicted octanol–water partition coefficient (Wildman–Crippen LogP) is 11.9. The van der Waals surface area contributed by atoms with Crippen LogP contribution in [0.5, 0.6) is 0 Å². The van der Waals surface area contributed by atoms with Gasteiger partial charge in [-0.15, -0.1) is 0 Å². The second kappa shape index (κ2) is 11.4. The first kappa shape index (κ1) is 29.5. The molecule has 248 valence electrons. The Morgan fingerprint density at radius 1 is 0.491 bits per heavy atom. The third-order valence-corrected chi connectivity index (χ3v) is 10.4. The van der Waals surface area contributed by atoms with E-state index in [1.165, 1.54) is 5.56 Å². The standard InChI is InChI=1S/C47H29N5O/c1-28-22-23-48-44-36-27-42-38(34-17-9-11-19-41(34)53-42)26-32(36)25-35(43(28)44)31-20-21-40-37(24-31)33-16-8-10-18-39(33)52(40)47-50-45(29-12-4-2-5-13-29)49-46(51-47)30-14-6-3-7-15-30/h2-27H,1H3. The predicted molar refractivity (Wildman–Crippen MR) is 215 cm³/mol. The third kappa shape index (κ3) is 4.59. The summed E-state index contributed by atoms with van der Waals surface area (Å²) < 4.78 is 8.47. The molecular weight excluding hydrogens is 651 g/mol. The van der Waals surface area contributed by atoms with E-state index in [0.29, 0.717) is 17.6 Å². The number of para-hydroxylation sites is 2. The molecule has 4 heterocycles. The molecule has 0 N–H and O–H groups in total. The molecule has 0 aliphatic rings. The highest BCUT2D eigenvalue weighted by atomic mass is 16.3. The van der Waals surface area contributed by atoms with E-state index in [1.54, 1.807) is 0 Å². The molecule has 0 saturated heterocycles. The Kier molecular flexibility index (Phi) is 6.36. The van der Waals surface area contributed by atoms with Crippen molar-refractivity contribution in [1.82, 2.24) is 24.5 Å². The Hall–Kier alpha value is -7.18. The molecule has 0 aliphatic heterocycles. The molecule has 7 aromatic carbocycles. The van der Waals surface area contributed by atoms with Crippen LogP contribution in [0.15, 0.2) is 162 Å². The van der Waals surface area contributed by atoms with Crippen LogP contribution in [-0.4, -0.2) is 24.5 Å². The van der Waals surface area contributed by atoms with Gasteiger partial charge in [-0.2, -0.15) is 9.97 Å². The highest BCUT2D eigenvalue weighted by Gasteiger charge is 2.20. The minimum Gasteiger partial charge on any atom is -0.456 e. The molecule has 0 unspecified atom stereocenters. The lowest BCUT2D eigenvalue weighted by atomic mass is 9.92. The summed E-state index contributed by atoms with van der Waals surface area (Å²) in [4.78, 5) is 20.1. The van der Waals surface area contributed by atoms with Crippen molar-refractivity contribution in [2.45, 2.75) is 6.92 Å². The van der Waals surface area contributed by atoms with Crippen molar-refractivity contribution in [3.63, 3.8) is 0 Å². The monoisotopic (exact) mass is 679 g/mol. The van der Waals surface area contributed by atoms with Gasteiger partial charge in [-0.25, -0.2) is 4.98 Å². The van der Waals surface area contributed by atoms with Crippen LogP contribution in [0.2, 0.25) is 0 Å². The lowest BCUT2D eigenvalue weighted by Crippen LogP contribution is -2.06. The minimum atomic E-state index is 0.573. The molecule has 0 saturated carbocycles. The summed E-state index contributed by atoms with van der Waals surface area (Å²) in [6, 6.07) is 52.5. The van der Waals surface area contributed by atoms with Crippen LogP contribution in [0.1, 0.15) is 5.56 Å². The van der Waals surface area contributed by atoms with Gasteiger partial charge in [-0.05, 0) is 77.5 Å². The number of hydrogen-bond donors (Lipinski definition) is 0. The van der Waals surface area contributed by atoms with Crippen molar-refractivity contribution in [3.8, 4) is 39.9 Å². The molecule has 0 aliphatic carbocycles. The Bertz CT molecular complexity index is 3180. The number of benzene rings is 7. The molecule has 53 heavy (non-hydrogen) atoms. The molecule has 0 atom stereocenters. The van der Waals surface area contributed by atoms with Gasteiger partial charge in [0, 0.05) is 49.6 Å². The molecule has 0 radical (unpaired) electrons. The lowest BCUT2D eigenvalue weighted by Gasteiger charge is -2.13. The third-order valence-electron chi connectivity index (χ3n) is 10.4. The largest absolute Gasteiger partial charge is 0.456 e. The van der Waals surface area contributed by atoms with Gasteiger partial charge in [-0.1, -0.05) is 103 Å². The Morgan fingerprint density at radius 2 is 1.17 bits per heavy atom. The van der Waals surface area contributed by atoms with Gasteiger partial charge in [0.25, 0.3) is 0 Å². The van der Waals surface area contributed by atoms with E-state index in [0.717, 1.165) is 87.7 Å². The topological polar surface area (TPSA) is 69.6 Å². The first-order valence-electron chi connectivity index (χ1n) is 17.7. The SMILES string of the molecule is Cc1ccnc2c1c(-c1ccc3c(c1)c1ccccc1n3-c1nc(-c3ccccc3)nc(-c3ccccc3)n1)cc1cc3c(cc12)oc1ccccc13. The second-order valence-electron chi connectivity index (χ2n) is 13.5. The highest BCUT2D eigenvalue weighted by molar-refractivity contribution is 6.19. The average Bonchev–Trinajstić information content (AvgIpc) is 3.75. The Balaban J connectivity index is 1.17. The number of aromatic nitrogens is 5. The number of nitrogens with zero attached hydrogens (tertiary/aromatic N) is 5. The number of hydrogen-bond acceptors (Lipinski definition) is 5. The summed E-state index contributed by atoms with van der Waals surface area (Å²) in [5.41, 5.74) is 10.1. The van der Waals surface area contributed by atoms with Crippen LogP contribution < -0.4 is 0 Å². The molecule has 0 amide bonds. The Morgan fingerprint density at radius 3 is 1.94 bits per heavy atom. The zero-order valence-corrected chi connectivity index (χ0v) is 28.7. The van der Waals surface area contributed by atoms with E-state index in [1.807, 2.05) is 79.0 Å². The summed E-state index contributed by atoms with van der Waals surface area (Å²) in [6.07, 6.45) is 1.91. The van der Waals surface area contributed by atoms with E-state index >= 15 is 0 Å². The maximum absolute atomic E-state index is 6.30. The van der Waals surface area contributed by atoms with Crippen LogP contribution in [0.4, 0.5) is 0 Å². The van der Waals surface area contributed by atoms with Crippen LogP contribution in [0, 0.1) is 6.92 Å². The molecule has 0 bridgehead atoms. The average molecular weight is 680 g/mol. The normalized spacial score (nSPS) is 11.9. The fourth-order valence-electron chi connectivity index (χ4n) is 7.92. The number of aryl methyl sites for hydroxylation is 1. The first-order valence-corrected chi connectivity index (χ1v) is 17.7. The van der Waals surface area contributed by atoms with E-state index in [9.17, 15) is 0 Å². The summed E-state index contributed by atoms with van der Waals surface area (Å²) in [6.45, 7) is 2.17. The van der Waals surface area contributed by atoms with Crippen LogP contribution in [-0.2, 0) is 0 Å². The number of rotatable bonds is 4. The summed E-state index contributed by atoms with van der Waals surface area (Å²) in [7, 11) is 0. The van der Waals surface area contributed by atoms with E-state index < -0.39 is 0 Å². The van der Waals surface area contributed by atoms with Gasteiger partial charge < -0.3 is 4.42 Å².